The summed E-state index contributed by atoms with van der Waals surface area (Å²) in [4.78, 5) is 14.8. The average molecular weight is 362 g/mol. The molecule has 5 heteroatoms. The highest BCUT2D eigenvalue weighted by atomic mass is 16.4. The van der Waals surface area contributed by atoms with Crippen molar-refractivity contribution < 1.29 is 15.0 Å². The van der Waals surface area contributed by atoms with Gasteiger partial charge in [0.1, 0.15) is 11.6 Å². The zero-order valence-electron chi connectivity index (χ0n) is 15.1. The molecule has 1 heterocycles. The molecule has 3 rings (SSSR count). The number of carboxylic acid groups (broad SMARTS) is 1. The van der Waals surface area contributed by atoms with Gasteiger partial charge in [0.15, 0.2) is 0 Å². The maximum absolute atomic E-state index is 11.7. The van der Waals surface area contributed by atoms with E-state index in [-0.39, 0.29) is 6.54 Å². The molecular weight excluding hydrogens is 340 g/mol. The predicted molar refractivity (Wildman–Crippen MR) is 105 cm³/mol. The molecule has 0 radical (unpaired) electrons. The Morgan fingerprint density at radius 1 is 1.19 bits per heavy atom. The third-order valence-electron chi connectivity index (χ3n) is 4.34. The minimum Gasteiger partial charge on any atom is -0.480 e. The SMILES string of the molecule is C[C@@](O)(C#Cc1ccccc1)CN[C@H](Cc1c[nH]c2ccccc12)C(=O)O. The lowest BCUT2D eigenvalue weighted by Crippen LogP contribution is -2.46. The van der Waals surface area contributed by atoms with Crippen molar-refractivity contribution in [3.8, 4) is 11.8 Å². The van der Waals surface area contributed by atoms with Crippen LogP contribution in [0.25, 0.3) is 10.9 Å². The molecule has 0 bridgehead atoms. The van der Waals surface area contributed by atoms with Gasteiger partial charge in [-0.1, -0.05) is 48.2 Å². The largest absolute Gasteiger partial charge is 0.480 e. The van der Waals surface area contributed by atoms with Crippen LogP contribution in [0.1, 0.15) is 18.1 Å². The number of fused-ring (bicyclic) bond motifs is 1. The van der Waals surface area contributed by atoms with E-state index in [1.807, 2.05) is 60.8 Å². The van der Waals surface area contributed by atoms with Crippen LogP contribution >= 0.6 is 0 Å². The van der Waals surface area contributed by atoms with E-state index in [9.17, 15) is 15.0 Å². The molecule has 5 nitrogen and oxygen atoms in total. The van der Waals surface area contributed by atoms with Crippen molar-refractivity contribution >= 4 is 16.9 Å². The third kappa shape index (κ3) is 4.98. The molecule has 0 aliphatic heterocycles. The summed E-state index contributed by atoms with van der Waals surface area (Å²) in [6.45, 7) is 1.62. The molecule has 0 amide bonds. The van der Waals surface area contributed by atoms with Crippen molar-refractivity contribution in [2.75, 3.05) is 6.54 Å². The molecule has 3 aromatic rings. The van der Waals surface area contributed by atoms with Gasteiger partial charge in [-0.3, -0.25) is 4.79 Å². The van der Waals surface area contributed by atoms with Crippen molar-refractivity contribution in [2.24, 2.45) is 0 Å². The molecule has 0 unspecified atom stereocenters. The lowest BCUT2D eigenvalue weighted by Gasteiger charge is -2.21. The first-order valence-electron chi connectivity index (χ1n) is 8.76. The Hall–Kier alpha value is -3.07. The van der Waals surface area contributed by atoms with Crippen LogP contribution in [0.4, 0.5) is 0 Å². The van der Waals surface area contributed by atoms with Gasteiger partial charge in [-0.15, -0.1) is 0 Å². The summed E-state index contributed by atoms with van der Waals surface area (Å²) in [5, 5.41) is 24.0. The zero-order valence-corrected chi connectivity index (χ0v) is 15.1. The maximum atomic E-state index is 11.7. The van der Waals surface area contributed by atoms with Crippen molar-refractivity contribution in [2.45, 2.75) is 25.0 Å². The monoisotopic (exact) mass is 362 g/mol. The number of benzene rings is 2. The van der Waals surface area contributed by atoms with Crippen LogP contribution in [0.5, 0.6) is 0 Å². The molecule has 2 aromatic carbocycles. The second-order valence-corrected chi connectivity index (χ2v) is 6.73. The van der Waals surface area contributed by atoms with Crippen LogP contribution < -0.4 is 5.32 Å². The van der Waals surface area contributed by atoms with Gasteiger partial charge in [0.25, 0.3) is 0 Å². The van der Waals surface area contributed by atoms with E-state index >= 15 is 0 Å². The highest BCUT2D eigenvalue weighted by Gasteiger charge is 2.24. The molecule has 0 saturated carbocycles. The predicted octanol–water partition coefficient (Wildman–Crippen LogP) is 2.56. The summed E-state index contributed by atoms with van der Waals surface area (Å²) in [6, 6.07) is 16.3. The number of carbonyl (C=O) groups is 1. The highest BCUT2D eigenvalue weighted by Crippen LogP contribution is 2.19. The summed E-state index contributed by atoms with van der Waals surface area (Å²) in [5.74, 6) is 4.75. The van der Waals surface area contributed by atoms with E-state index in [1.54, 1.807) is 6.92 Å². The van der Waals surface area contributed by atoms with Crippen LogP contribution in [0.15, 0.2) is 60.8 Å². The highest BCUT2D eigenvalue weighted by molar-refractivity contribution is 5.84. The van der Waals surface area contributed by atoms with Crippen molar-refractivity contribution in [3.05, 3.63) is 71.9 Å². The van der Waals surface area contributed by atoms with E-state index < -0.39 is 17.6 Å². The van der Waals surface area contributed by atoms with Crippen molar-refractivity contribution in [1.82, 2.24) is 10.3 Å². The lowest BCUT2D eigenvalue weighted by molar-refractivity contribution is -0.139. The summed E-state index contributed by atoms with van der Waals surface area (Å²) < 4.78 is 0. The number of carboxylic acids is 1. The normalized spacial score (nSPS) is 14.1. The second kappa shape index (κ2) is 8.09. The van der Waals surface area contributed by atoms with E-state index in [2.05, 4.69) is 22.1 Å². The standard InChI is InChI=1S/C22H22N2O3/c1-22(27,12-11-16-7-3-2-4-8-16)15-24-20(21(25)26)13-17-14-23-19-10-6-5-9-18(17)19/h2-10,14,20,23-24,27H,13,15H2,1H3,(H,25,26)/t20-,22-/m1/s1. The van der Waals surface area contributed by atoms with Gasteiger partial charge >= 0.3 is 5.97 Å². The van der Waals surface area contributed by atoms with Crippen molar-refractivity contribution in [3.63, 3.8) is 0 Å². The Labute approximate surface area is 158 Å². The molecule has 0 fully saturated rings. The van der Waals surface area contributed by atoms with Crippen LogP contribution in [0.3, 0.4) is 0 Å². The van der Waals surface area contributed by atoms with Gasteiger partial charge in [0.2, 0.25) is 0 Å². The van der Waals surface area contributed by atoms with Crippen LogP contribution in [0, 0.1) is 11.8 Å². The van der Waals surface area contributed by atoms with Gasteiger partial charge in [0.05, 0.1) is 0 Å². The maximum Gasteiger partial charge on any atom is 0.321 e. The first kappa shape index (κ1) is 18.7. The third-order valence-corrected chi connectivity index (χ3v) is 4.34. The Balaban J connectivity index is 1.68. The fourth-order valence-electron chi connectivity index (χ4n) is 2.86. The number of rotatable bonds is 6. The zero-order chi connectivity index (χ0) is 19.3. The number of H-pyrrole nitrogens is 1. The Kier molecular flexibility index (Phi) is 5.60. The quantitative estimate of drug-likeness (QED) is 0.508. The van der Waals surface area contributed by atoms with E-state index in [0.717, 1.165) is 22.0 Å². The smallest absolute Gasteiger partial charge is 0.321 e. The molecule has 0 spiro atoms. The molecule has 4 N–H and O–H groups in total. The van der Waals surface area contributed by atoms with Gasteiger partial charge in [-0.05, 0) is 30.7 Å². The summed E-state index contributed by atoms with van der Waals surface area (Å²) >= 11 is 0. The number of aliphatic hydroxyl groups is 1. The van der Waals surface area contributed by atoms with Gasteiger partial charge in [-0.25, -0.2) is 0 Å². The number of aliphatic carboxylic acids is 1. The van der Waals surface area contributed by atoms with E-state index in [0.29, 0.717) is 6.42 Å². The van der Waals surface area contributed by atoms with Gasteiger partial charge in [0, 0.05) is 35.6 Å². The Bertz CT molecular complexity index is 981. The fraction of sp³-hybridized carbons (Fsp3) is 0.227. The Morgan fingerprint density at radius 2 is 1.89 bits per heavy atom. The van der Waals surface area contributed by atoms with Crippen molar-refractivity contribution in [1.29, 1.82) is 0 Å². The molecule has 138 valence electrons. The lowest BCUT2D eigenvalue weighted by atomic mass is 10.0. The molecule has 0 aliphatic rings. The van der Waals surface area contributed by atoms with Crippen LogP contribution in [0.2, 0.25) is 0 Å². The van der Waals surface area contributed by atoms with Gasteiger partial charge in [-0.2, -0.15) is 0 Å². The van der Waals surface area contributed by atoms with E-state index in [1.165, 1.54) is 0 Å². The first-order chi connectivity index (χ1) is 12.9. The molecule has 0 saturated heterocycles. The number of aromatic amines is 1. The summed E-state index contributed by atoms with van der Waals surface area (Å²) in [5.41, 5.74) is 1.34. The molecule has 1 aromatic heterocycles. The summed E-state index contributed by atoms with van der Waals surface area (Å²) in [7, 11) is 0. The van der Waals surface area contributed by atoms with E-state index in [4.69, 9.17) is 0 Å². The number of hydrogen-bond donors (Lipinski definition) is 4. The topological polar surface area (TPSA) is 85.4 Å². The minimum atomic E-state index is -1.34. The molecule has 0 aliphatic carbocycles. The molecule has 27 heavy (non-hydrogen) atoms. The van der Waals surface area contributed by atoms with Crippen LogP contribution in [-0.4, -0.2) is 39.4 Å². The molecule has 2 atom stereocenters. The van der Waals surface area contributed by atoms with Crippen LogP contribution in [-0.2, 0) is 11.2 Å². The average Bonchev–Trinajstić information content (AvgIpc) is 3.07. The first-order valence-corrected chi connectivity index (χ1v) is 8.76. The number of nitrogens with one attached hydrogen (secondary N) is 2. The number of aromatic nitrogens is 1. The molecular formula is C22H22N2O3. The number of para-hydroxylation sites is 1. The second-order valence-electron chi connectivity index (χ2n) is 6.73. The fourth-order valence-corrected chi connectivity index (χ4v) is 2.86. The number of hydrogen-bond acceptors (Lipinski definition) is 3. The Morgan fingerprint density at radius 3 is 2.63 bits per heavy atom. The minimum absolute atomic E-state index is 0.0478. The van der Waals surface area contributed by atoms with Gasteiger partial charge < -0.3 is 20.5 Å². The summed E-state index contributed by atoms with van der Waals surface area (Å²) in [6.07, 6.45) is 2.14.